The van der Waals surface area contributed by atoms with Gasteiger partial charge in [0.2, 0.25) is 0 Å². The molecule has 0 bridgehead atoms. The summed E-state index contributed by atoms with van der Waals surface area (Å²) in [4.78, 5) is 0. The molecule has 0 amide bonds. The van der Waals surface area contributed by atoms with Gasteiger partial charge in [-0.2, -0.15) is 0 Å². The molecule has 0 aliphatic heterocycles. The Morgan fingerprint density at radius 1 is 1.00 bits per heavy atom. The molecule has 110 valence electrons. The molecule has 1 aliphatic carbocycles. The van der Waals surface area contributed by atoms with Gasteiger partial charge in [0.05, 0.1) is 5.56 Å². The Morgan fingerprint density at radius 2 is 1.67 bits per heavy atom. The maximum Gasteiger partial charge on any atom is 0.135 e. The van der Waals surface area contributed by atoms with E-state index in [1.165, 1.54) is 6.42 Å². The third-order valence-corrected chi connectivity index (χ3v) is 4.12. The molecule has 1 atom stereocenters. The zero-order valence-corrected chi connectivity index (χ0v) is 11.3. The highest BCUT2D eigenvalue weighted by Crippen LogP contribution is 2.37. The molecule has 4 heteroatoms. The van der Waals surface area contributed by atoms with Gasteiger partial charge in [0.25, 0.3) is 0 Å². The number of halogens is 3. The predicted octanol–water partition coefficient (Wildman–Crippen LogP) is 4.45. The fourth-order valence-corrected chi connectivity index (χ4v) is 2.71. The van der Waals surface area contributed by atoms with E-state index in [9.17, 15) is 18.3 Å². The van der Waals surface area contributed by atoms with Crippen LogP contribution in [0.3, 0.4) is 0 Å². The first-order valence-corrected chi connectivity index (χ1v) is 6.98. The lowest BCUT2D eigenvalue weighted by Gasteiger charge is -2.26. The zero-order valence-electron chi connectivity index (χ0n) is 11.3. The molecular formula is C17H15F3O. The SMILES string of the molecule is OC(c1cccc(C2CCC2)c1)c1c(F)cc(F)cc1F. The van der Waals surface area contributed by atoms with Crippen LogP contribution in [0.15, 0.2) is 36.4 Å². The van der Waals surface area contributed by atoms with Crippen molar-refractivity contribution in [1.29, 1.82) is 0 Å². The van der Waals surface area contributed by atoms with E-state index in [1.807, 2.05) is 6.07 Å². The van der Waals surface area contributed by atoms with Crippen LogP contribution >= 0.6 is 0 Å². The van der Waals surface area contributed by atoms with Crippen LogP contribution in [-0.4, -0.2) is 5.11 Å². The summed E-state index contributed by atoms with van der Waals surface area (Å²) in [5.74, 6) is -2.69. The molecule has 1 fully saturated rings. The summed E-state index contributed by atoms with van der Waals surface area (Å²) < 4.78 is 40.4. The summed E-state index contributed by atoms with van der Waals surface area (Å²) in [5.41, 5.74) is 0.978. The van der Waals surface area contributed by atoms with E-state index in [1.54, 1.807) is 18.2 Å². The molecule has 21 heavy (non-hydrogen) atoms. The Kier molecular flexibility index (Phi) is 3.72. The second kappa shape index (κ2) is 5.53. The van der Waals surface area contributed by atoms with Crippen LogP contribution in [0.5, 0.6) is 0 Å². The average Bonchev–Trinajstić information content (AvgIpc) is 2.35. The van der Waals surface area contributed by atoms with Crippen molar-refractivity contribution in [1.82, 2.24) is 0 Å². The van der Waals surface area contributed by atoms with Crippen LogP contribution in [0.2, 0.25) is 0 Å². The second-order valence-corrected chi connectivity index (χ2v) is 5.48. The highest BCUT2D eigenvalue weighted by atomic mass is 19.1. The van der Waals surface area contributed by atoms with Crippen molar-refractivity contribution in [2.75, 3.05) is 0 Å². The maximum atomic E-state index is 13.7. The normalized spacial score (nSPS) is 16.6. The molecule has 0 radical (unpaired) electrons. The largest absolute Gasteiger partial charge is 0.383 e. The van der Waals surface area contributed by atoms with Crippen LogP contribution in [-0.2, 0) is 0 Å². The standard InChI is InChI=1S/C17H15F3O/c18-13-8-14(19)16(15(20)9-13)17(21)12-6-2-5-11(7-12)10-3-1-4-10/h2,5-10,17,21H,1,3-4H2. The molecule has 2 aromatic rings. The van der Waals surface area contributed by atoms with Crippen LogP contribution < -0.4 is 0 Å². The van der Waals surface area contributed by atoms with Crippen molar-refractivity contribution >= 4 is 0 Å². The lowest BCUT2D eigenvalue weighted by Crippen LogP contribution is -2.11. The van der Waals surface area contributed by atoms with Crippen LogP contribution in [0.4, 0.5) is 13.2 Å². The van der Waals surface area contributed by atoms with Gasteiger partial charge >= 0.3 is 0 Å². The van der Waals surface area contributed by atoms with Crippen molar-refractivity contribution in [3.63, 3.8) is 0 Å². The van der Waals surface area contributed by atoms with Gasteiger partial charge in [-0.05, 0) is 29.9 Å². The van der Waals surface area contributed by atoms with E-state index in [2.05, 4.69) is 0 Å². The van der Waals surface area contributed by atoms with E-state index in [0.717, 1.165) is 18.4 Å². The summed E-state index contributed by atoms with van der Waals surface area (Å²) in [5, 5.41) is 10.2. The summed E-state index contributed by atoms with van der Waals surface area (Å²) in [6.07, 6.45) is 1.93. The van der Waals surface area contributed by atoms with Crippen molar-refractivity contribution in [3.05, 3.63) is 70.5 Å². The average molecular weight is 292 g/mol. The molecule has 1 unspecified atom stereocenters. The van der Waals surface area contributed by atoms with Crippen LogP contribution in [0.1, 0.15) is 48.0 Å². The first-order valence-electron chi connectivity index (χ1n) is 6.98. The van der Waals surface area contributed by atoms with E-state index in [0.29, 0.717) is 23.6 Å². The van der Waals surface area contributed by atoms with Crippen molar-refractivity contribution < 1.29 is 18.3 Å². The van der Waals surface area contributed by atoms with Crippen molar-refractivity contribution in [3.8, 4) is 0 Å². The molecule has 0 saturated heterocycles. The minimum absolute atomic E-state index is 0.420. The second-order valence-electron chi connectivity index (χ2n) is 5.48. The van der Waals surface area contributed by atoms with E-state index < -0.39 is 29.1 Å². The van der Waals surface area contributed by atoms with Gasteiger partial charge < -0.3 is 5.11 Å². The highest BCUT2D eigenvalue weighted by molar-refractivity contribution is 5.36. The summed E-state index contributed by atoms with van der Waals surface area (Å²) in [6, 6.07) is 8.28. The van der Waals surface area contributed by atoms with Gasteiger partial charge in [0, 0.05) is 12.1 Å². The van der Waals surface area contributed by atoms with Crippen LogP contribution in [0.25, 0.3) is 0 Å². The van der Waals surface area contributed by atoms with Gasteiger partial charge in [-0.1, -0.05) is 30.7 Å². The molecule has 1 N–H and O–H groups in total. The highest BCUT2D eigenvalue weighted by Gasteiger charge is 2.23. The monoisotopic (exact) mass is 292 g/mol. The Bertz CT molecular complexity index is 642. The molecule has 2 aromatic carbocycles. The van der Waals surface area contributed by atoms with E-state index in [-0.39, 0.29) is 0 Å². The van der Waals surface area contributed by atoms with E-state index in [4.69, 9.17) is 0 Å². The fraction of sp³-hybridized carbons (Fsp3) is 0.294. The third-order valence-electron chi connectivity index (χ3n) is 4.12. The first kappa shape index (κ1) is 14.1. The Hall–Kier alpha value is -1.81. The molecule has 0 aromatic heterocycles. The molecule has 0 spiro atoms. The minimum Gasteiger partial charge on any atom is -0.383 e. The van der Waals surface area contributed by atoms with Crippen LogP contribution in [0, 0.1) is 17.5 Å². The Balaban J connectivity index is 1.96. The quantitative estimate of drug-likeness (QED) is 0.886. The maximum absolute atomic E-state index is 13.7. The van der Waals surface area contributed by atoms with Gasteiger partial charge in [0.1, 0.15) is 23.6 Å². The summed E-state index contributed by atoms with van der Waals surface area (Å²) >= 11 is 0. The summed E-state index contributed by atoms with van der Waals surface area (Å²) in [7, 11) is 0. The van der Waals surface area contributed by atoms with Gasteiger partial charge in [-0.15, -0.1) is 0 Å². The topological polar surface area (TPSA) is 20.2 Å². The molecule has 1 saturated carbocycles. The molecule has 1 aliphatic rings. The number of hydrogen-bond acceptors (Lipinski definition) is 1. The molecular weight excluding hydrogens is 277 g/mol. The number of aliphatic hydroxyl groups is 1. The molecule has 0 heterocycles. The zero-order chi connectivity index (χ0) is 15.0. The summed E-state index contributed by atoms with van der Waals surface area (Å²) in [6.45, 7) is 0. The number of rotatable bonds is 3. The van der Waals surface area contributed by atoms with Crippen molar-refractivity contribution in [2.45, 2.75) is 31.3 Å². The predicted molar refractivity (Wildman–Crippen MR) is 73.4 cm³/mol. The van der Waals surface area contributed by atoms with Crippen molar-refractivity contribution in [2.24, 2.45) is 0 Å². The van der Waals surface area contributed by atoms with Gasteiger partial charge in [0.15, 0.2) is 0 Å². The number of benzene rings is 2. The number of aliphatic hydroxyl groups excluding tert-OH is 1. The fourth-order valence-electron chi connectivity index (χ4n) is 2.71. The van der Waals surface area contributed by atoms with Gasteiger partial charge in [-0.25, -0.2) is 13.2 Å². The Labute approximate surface area is 121 Å². The first-order chi connectivity index (χ1) is 10.1. The Morgan fingerprint density at radius 3 is 2.24 bits per heavy atom. The lowest BCUT2D eigenvalue weighted by atomic mass is 9.79. The minimum atomic E-state index is -1.44. The smallest absolute Gasteiger partial charge is 0.135 e. The van der Waals surface area contributed by atoms with E-state index >= 15 is 0 Å². The molecule has 3 rings (SSSR count). The number of hydrogen-bond donors (Lipinski definition) is 1. The van der Waals surface area contributed by atoms with Gasteiger partial charge in [-0.3, -0.25) is 0 Å². The lowest BCUT2D eigenvalue weighted by molar-refractivity contribution is 0.208. The third kappa shape index (κ3) is 2.68. The molecule has 1 nitrogen and oxygen atoms in total.